The molecule has 0 saturated carbocycles. The van der Waals surface area contributed by atoms with E-state index in [-0.39, 0.29) is 11.9 Å². The van der Waals surface area contributed by atoms with Gasteiger partial charge in [0.25, 0.3) is 0 Å². The van der Waals surface area contributed by atoms with Gasteiger partial charge in [-0.1, -0.05) is 160 Å². The number of aromatic nitrogens is 2. The highest BCUT2D eigenvalue weighted by molar-refractivity contribution is 6.28. The average molecular weight is 1030 g/mol. The van der Waals surface area contributed by atoms with Gasteiger partial charge in [0.05, 0.1) is 36.8 Å². The van der Waals surface area contributed by atoms with Crippen LogP contribution in [-0.2, 0) is 22.6 Å². The Morgan fingerprint density at radius 2 is 0.769 bits per heavy atom. The first-order valence-electron chi connectivity index (χ1n) is 27.5. The van der Waals surface area contributed by atoms with Crippen molar-refractivity contribution < 1.29 is 19.1 Å². The minimum absolute atomic E-state index is 0.314. The van der Waals surface area contributed by atoms with E-state index in [9.17, 15) is 9.59 Å². The van der Waals surface area contributed by atoms with Crippen LogP contribution in [0.15, 0.2) is 190 Å². The summed E-state index contributed by atoms with van der Waals surface area (Å²) in [4.78, 5) is 25.9. The molecule has 0 fully saturated rings. The molecule has 78 heavy (non-hydrogen) atoms. The van der Waals surface area contributed by atoms with Gasteiger partial charge in [-0.3, -0.25) is 0 Å². The lowest BCUT2D eigenvalue weighted by atomic mass is 9.99. The van der Waals surface area contributed by atoms with Crippen molar-refractivity contribution in [1.29, 1.82) is 0 Å². The number of carbonyl (C=O) groups excluding carboxylic acids is 2. The maximum Gasteiger partial charge on any atom is 0.338 e. The second-order valence-corrected chi connectivity index (χ2v) is 20.1. The van der Waals surface area contributed by atoms with Gasteiger partial charge in [0.2, 0.25) is 0 Å². The molecule has 10 aromatic rings. The fourth-order valence-corrected chi connectivity index (χ4v) is 11.9. The normalized spacial score (nSPS) is 13.7. The molecule has 0 radical (unpaired) electrons. The summed E-state index contributed by atoms with van der Waals surface area (Å²) in [6.07, 6.45) is 13.3. The zero-order chi connectivity index (χ0) is 53.0. The van der Waals surface area contributed by atoms with E-state index in [2.05, 4.69) is 104 Å². The van der Waals surface area contributed by atoms with E-state index >= 15 is 0 Å². The van der Waals surface area contributed by atoms with Crippen LogP contribution in [-0.4, -0.2) is 58.1 Å². The Balaban J connectivity index is 0.646. The Labute approximate surface area is 454 Å². The van der Waals surface area contributed by atoms with Crippen molar-refractivity contribution >= 4 is 79.4 Å². The first-order chi connectivity index (χ1) is 38.5. The molecular formula is C68H60N6O4. The molecule has 2 aliphatic carbocycles. The van der Waals surface area contributed by atoms with E-state index in [1.807, 2.05) is 111 Å². The molecule has 386 valence electrons. The van der Waals surface area contributed by atoms with Crippen molar-refractivity contribution in [3.05, 3.63) is 214 Å². The SMILES string of the molecule is CCOC(=O)c1cccc2c1-c1ccccc1/C2=N\N=C\c1ccc2c(c1)c1ccccc1n2CCCCCCCCCCn1c2ccccc2c2cc(/C=N/N=C3\c4ccccc4-c4c(C(=O)OCC)cccc43)ccc21. The molecule has 10 nitrogen and oxygen atoms in total. The molecule has 12 rings (SSSR count). The number of rotatable bonds is 19. The molecule has 0 unspecified atom stereocenters. The van der Waals surface area contributed by atoms with Crippen molar-refractivity contribution in [2.75, 3.05) is 13.2 Å². The summed E-state index contributed by atoms with van der Waals surface area (Å²) < 4.78 is 15.8. The monoisotopic (exact) mass is 1020 g/mol. The number of para-hydroxylation sites is 2. The highest BCUT2D eigenvalue weighted by Crippen LogP contribution is 2.42. The lowest BCUT2D eigenvalue weighted by molar-refractivity contribution is 0.0517. The van der Waals surface area contributed by atoms with Gasteiger partial charge in [-0.25, -0.2) is 9.59 Å². The number of ether oxygens (including phenoxy) is 2. The molecule has 0 aliphatic heterocycles. The molecule has 2 aliphatic rings. The van der Waals surface area contributed by atoms with Gasteiger partial charge in [0.15, 0.2) is 0 Å². The smallest absolute Gasteiger partial charge is 0.338 e. The van der Waals surface area contributed by atoms with Gasteiger partial charge in [-0.15, -0.1) is 10.2 Å². The lowest BCUT2D eigenvalue weighted by Crippen LogP contribution is -2.07. The predicted molar refractivity (Wildman–Crippen MR) is 318 cm³/mol. The number of esters is 2. The summed E-state index contributed by atoms with van der Waals surface area (Å²) in [5, 5.41) is 23.7. The van der Waals surface area contributed by atoms with Gasteiger partial charge >= 0.3 is 11.9 Å². The quantitative estimate of drug-likeness (QED) is 0.0347. The van der Waals surface area contributed by atoms with Crippen LogP contribution in [0, 0.1) is 0 Å². The molecule has 0 atom stereocenters. The minimum atomic E-state index is -0.334. The Morgan fingerprint density at radius 3 is 1.21 bits per heavy atom. The predicted octanol–water partition coefficient (Wildman–Crippen LogP) is 15.8. The topological polar surface area (TPSA) is 112 Å². The third kappa shape index (κ3) is 9.42. The van der Waals surface area contributed by atoms with Gasteiger partial charge in [-0.05, 0) is 97.5 Å². The number of hydrogen-bond acceptors (Lipinski definition) is 8. The second-order valence-electron chi connectivity index (χ2n) is 20.1. The number of fused-ring (bicyclic) bond motifs is 12. The highest BCUT2D eigenvalue weighted by atomic mass is 16.5. The van der Waals surface area contributed by atoms with Gasteiger partial charge < -0.3 is 18.6 Å². The number of aryl methyl sites for hydroxylation is 2. The Bertz CT molecular complexity index is 3820. The largest absolute Gasteiger partial charge is 0.462 e. The van der Waals surface area contributed by atoms with E-state index in [1.54, 1.807) is 0 Å². The molecule has 0 amide bonds. The van der Waals surface area contributed by atoms with Crippen molar-refractivity contribution in [2.45, 2.75) is 78.3 Å². The molecule has 0 saturated heterocycles. The summed E-state index contributed by atoms with van der Waals surface area (Å²) in [6, 6.07) is 58.0. The summed E-state index contributed by atoms with van der Waals surface area (Å²) in [5.74, 6) is -0.668. The van der Waals surface area contributed by atoms with Gasteiger partial charge in [-0.2, -0.15) is 10.2 Å². The zero-order valence-corrected chi connectivity index (χ0v) is 44.1. The van der Waals surface area contributed by atoms with Gasteiger partial charge in [0.1, 0.15) is 11.4 Å². The standard InChI is InChI=1S/C68H60N6O4/c1-3-77-67(75)55-31-21-29-53-63(55)49-25-11-13-27-51(49)65(53)71-69-43-45-35-37-61-57(41-45)47-23-15-17-33-59(47)73(61)39-19-9-7-5-6-8-10-20-40-74-60-34-18-16-24-48(60)58-42-46(36-38-62(58)74)44-70-72-66-52-28-14-12-26-50(52)64-54(66)30-22-32-56(64)68(76)78-4-2/h11-18,21-38,41-44H,3-10,19-20,39-40H2,1-2H3/b69-43+,70-44+,71-65+,72-66+. The molecule has 10 heteroatoms. The van der Waals surface area contributed by atoms with E-state index < -0.39 is 0 Å². The van der Waals surface area contributed by atoms with Crippen LogP contribution >= 0.6 is 0 Å². The number of nitrogens with zero attached hydrogens (tertiary/aromatic N) is 6. The van der Waals surface area contributed by atoms with Crippen LogP contribution in [0.3, 0.4) is 0 Å². The van der Waals surface area contributed by atoms with Crippen LogP contribution in [0.2, 0.25) is 0 Å². The summed E-state index contributed by atoms with van der Waals surface area (Å²) in [6.45, 7) is 6.22. The Morgan fingerprint density at radius 1 is 0.397 bits per heavy atom. The number of hydrogen-bond donors (Lipinski definition) is 0. The number of benzene rings is 8. The van der Waals surface area contributed by atoms with Crippen molar-refractivity contribution in [3.8, 4) is 22.3 Å². The fourth-order valence-electron chi connectivity index (χ4n) is 11.9. The van der Waals surface area contributed by atoms with Crippen LogP contribution < -0.4 is 0 Å². The van der Waals surface area contributed by atoms with E-state index in [1.165, 1.54) is 82.1 Å². The maximum absolute atomic E-state index is 12.9. The Hall–Kier alpha value is -9.02. The molecule has 0 spiro atoms. The summed E-state index contributed by atoms with van der Waals surface area (Å²) >= 11 is 0. The minimum Gasteiger partial charge on any atom is -0.462 e. The lowest BCUT2D eigenvalue weighted by Gasteiger charge is -2.09. The maximum atomic E-state index is 12.9. The van der Waals surface area contributed by atoms with E-state index in [4.69, 9.17) is 19.7 Å². The van der Waals surface area contributed by atoms with Crippen molar-refractivity contribution in [1.82, 2.24) is 9.13 Å². The third-order valence-electron chi connectivity index (χ3n) is 15.4. The van der Waals surface area contributed by atoms with E-state index in [0.29, 0.717) is 24.3 Å². The summed E-state index contributed by atoms with van der Waals surface area (Å²) in [5.41, 5.74) is 16.8. The van der Waals surface area contributed by atoms with Gasteiger partial charge in [0, 0.05) is 90.1 Å². The first kappa shape index (κ1) is 49.8. The zero-order valence-electron chi connectivity index (χ0n) is 44.1. The molecule has 2 heterocycles. The van der Waals surface area contributed by atoms with Crippen LogP contribution in [0.1, 0.15) is 119 Å². The number of carbonyl (C=O) groups is 2. The van der Waals surface area contributed by atoms with Crippen molar-refractivity contribution in [2.24, 2.45) is 20.4 Å². The molecule has 0 N–H and O–H groups in total. The Kier molecular flexibility index (Phi) is 14.2. The first-order valence-corrected chi connectivity index (χ1v) is 27.5. The average Bonchev–Trinajstić information content (AvgIpc) is 4.32. The van der Waals surface area contributed by atoms with Crippen molar-refractivity contribution in [3.63, 3.8) is 0 Å². The molecular weight excluding hydrogens is 965 g/mol. The van der Waals surface area contributed by atoms with Crippen LogP contribution in [0.25, 0.3) is 65.9 Å². The molecule has 0 bridgehead atoms. The summed E-state index contributed by atoms with van der Waals surface area (Å²) in [7, 11) is 0. The molecule has 2 aromatic heterocycles. The fraction of sp³-hybridized carbons (Fsp3) is 0.206. The van der Waals surface area contributed by atoms with E-state index in [0.717, 1.165) is 93.0 Å². The molecule has 8 aromatic carbocycles. The highest BCUT2D eigenvalue weighted by Gasteiger charge is 2.31. The van der Waals surface area contributed by atoms with Crippen LogP contribution in [0.5, 0.6) is 0 Å². The third-order valence-corrected chi connectivity index (χ3v) is 15.4. The van der Waals surface area contributed by atoms with Crippen LogP contribution in [0.4, 0.5) is 0 Å². The number of unbranched alkanes of at least 4 members (excludes halogenated alkanes) is 7. The second kappa shape index (κ2) is 22.3.